The van der Waals surface area contributed by atoms with Crippen molar-refractivity contribution in [3.63, 3.8) is 0 Å². The van der Waals surface area contributed by atoms with E-state index >= 15 is 0 Å². The quantitative estimate of drug-likeness (QED) is 0.0622. The average Bonchev–Trinajstić information content (AvgIpc) is 2.94. The molecule has 0 unspecified atom stereocenters. The number of nitrogens with zero attached hydrogens (tertiary/aromatic N) is 4. The Hall–Kier alpha value is -3.18. The predicted octanol–water partition coefficient (Wildman–Crippen LogP) is 6.30. The van der Waals surface area contributed by atoms with Gasteiger partial charge in [0.2, 0.25) is 0 Å². The van der Waals surface area contributed by atoms with Crippen LogP contribution in [0.15, 0.2) is 24.3 Å². The first-order valence-electron chi connectivity index (χ1n) is 17.8. The average molecular weight is 729 g/mol. The first kappa shape index (κ1) is 50.9. The van der Waals surface area contributed by atoms with Crippen LogP contribution in [0.1, 0.15) is 57.5 Å². The highest BCUT2D eigenvalue weighted by molar-refractivity contribution is 6.35. The fourth-order valence-corrected chi connectivity index (χ4v) is 6.09. The monoisotopic (exact) mass is 729 g/mol. The van der Waals surface area contributed by atoms with Gasteiger partial charge in [-0.25, -0.2) is 0 Å². The van der Waals surface area contributed by atoms with E-state index in [9.17, 15) is 9.59 Å². The van der Waals surface area contributed by atoms with E-state index in [2.05, 4.69) is 106 Å². The van der Waals surface area contributed by atoms with E-state index < -0.39 is 0 Å². The molecule has 0 saturated carbocycles. The van der Waals surface area contributed by atoms with Crippen LogP contribution in [0.25, 0.3) is 0 Å². The minimum atomic E-state index is -0.104. The van der Waals surface area contributed by atoms with Crippen LogP contribution in [-0.4, -0.2) is 166 Å². The van der Waals surface area contributed by atoms with Crippen LogP contribution < -0.4 is 21.3 Å². The maximum Gasteiger partial charge on any atom is 0.198 e. The van der Waals surface area contributed by atoms with Gasteiger partial charge in [-0.3, -0.25) is 9.59 Å². The van der Waals surface area contributed by atoms with Crippen LogP contribution in [0.4, 0.5) is 22.7 Å². The lowest BCUT2D eigenvalue weighted by Gasteiger charge is -2.29. The van der Waals surface area contributed by atoms with Crippen LogP contribution in [0.2, 0.25) is 0 Å². The van der Waals surface area contributed by atoms with E-state index in [-0.39, 0.29) is 41.3 Å². The van der Waals surface area contributed by atoms with Gasteiger partial charge in [-0.1, -0.05) is 0 Å². The lowest BCUT2D eigenvalue weighted by Crippen LogP contribution is -2.36. The number of rotatable bonds is 20. The summed E-state index contributed by atoms with van der Waals surface area (Å²) in [4.78, 5) is 29.6. The van der Waals surface area contributed by atoms with Crippen molar-refractivity contribution in [2.45, 2.75) is 25.7 Å². The number of nitrogens with one attached hydrogen (secondary N) is 4. The third kappa shape index (κ3) is 15.8. The molecule has 4 N–H and O–H groups in total. The zero-order chi connectivity index (χ0) is 35.9. The molecule has 52 heavy (non-hydrogen) atoms. The second-order valence-electron chi connectivity index (χ2n) is 17.7. The molecular formula is C42H80N8O2. The van der Waals surface area contributed by atoms with Crippen LogP contribution in [0.3, 0.4) is 0 Å². The van der Waals surface area contributed by atoms with Crippen molar-refractivity contribution in [1.29, 1.82) is 0 Å². The Morgan fingerprint density at radius 3 is 0.692 bits per heavy atom. The zero-order valence-corrected chi connectivity index (χ0v) is 36.4. The fraction of sp³-hybridized carbons (Fsp3) is 0.571. The standard InChI is InChI=1S/C38H66N8O2.4CH3/c1-43(2,3)25-13-21-39-29-17-18-30(40-22-14-26-44(4,5)6)34-33(29)37(47)35-31(41-23-15-27-45(7,8)9)19-20-32(36(35)38(34)48)42-24-16-28-46(10,11)12;;;;/h17-20H,13-16,21-28H2,1-12H3,(H2-2,39,40,41,42,47,48);4*1H3/q+2;4*-1/p+2. The lowest BCUT2D eigenvalue weighted by atomic mass is 9.80. The molecule has 10 heteroatoms. The molecule has 1 aliphatic rings. The maximum absolute atomic E-state index is 14.8. The molecule has 2 aromatic carbocycles. The van der Waals surface area contributed by atoms with E-state index in [1.165, 1.54) is 0 Å². The summed E-state index contributed by atoms with van der Waals surface area (Å²) >= 11 is 0. The van der Waals surface area contributed by atoms with Crippen molar-refractivity contribution < 1.29 is 27.5 Å². The Labute approximate surface area is 321 Å². The highest BCUT2D eigenvalue weighted by Crippen LogP contribution is 2.42. The Morgan fingerprint density at radius 1 is 0.365 bits per heavy atom. The van der Waals surface area contributed by atoms with Crippen LogP contribution in [0.5, 0.6) is 0 Å². The molecule has 0 radical (unpaired) electrons. The van der Waals surface area contributed by atoms with Gasteiger partial charge < -0.3 is 68.9 Å². The van der Waals surface area contributed by atoms with Gasteiger partial charge in [-0.2, -0.15) is 0 Å². The number of quaternary nitrogens is 4. The Balaban J connectivity index is 0. The summed E-state index contributed by atoms with van der Waals surface area (Å²) in [6.07, 6.45) is 3.79. The second-order valence-corrected chi connectivity index (χ2v) is 17.7. The van der Waals surface area contributed by atoms with Crippen molar-refractivity contribution in [1.82, 2.24) is 0 Å². The lowest BCUT2D eigenvalue weighted by molar-refractivity contribution is -0.870. The summed E-state index contributed by atoms with van der Waals surface area (Å²) in [6, 6.07) is 7.91. The third-order valence-electron chi connectivity index (χ3n) is 8.60. The zero-order valence-electron chi connectivity index (χ0n) is 36.4. The van der Waals surface area contributed by atoms with Crippen LogP contribution in [0, 0.1) is 29.7 Å². The molecular weight excluding hydrogens is 649 g/mol. The number of carbonyl (C=O) groups excluding carboxylic acids is 2. The molecule has 2 aromatic rings. The maximum atomic E-state index is 14.8. The molecule has 0 amide bonds. The highest BCUT2D eigenvalue weighted by atomic mass is 16.1. The van der Waals surface area contributed by atoms with Crippen molar-refractivity contribution >= 4 is 34.3 Å². The van der Waals surface area contributed by atoms with Gasteiger partial charge in [0.15, 0.2) is 11.6 Å². The number of ketones is 2. The smallest absolute Gasteiger partial charge is 0.198 e. The van der Waals surface area contributed by atoms with E-state index in [0.717, 1.165) is 119 Å². The van der Waals surface area contributed by atoms with Gasteiger partial charge in [0.1, 0.15) is 0 Å². The van der Waals surface area contributed by atoms with Gasteiger partial charge in [0.25, 0.3) is 0 Å². The summed E-state index contributed by atoms with van der Waals surface area (Å²) in [5.41, 5.74) is 4.82. The van der Waals surface area contributed by atoms with E-state index in [1.54, 1.807) is 0 Å². The summed E-state index contributed by atoms with van der Waals surface area (Å²) in [7, 11) is 26.2. The third-order valence-corrected chi connectivity index (χ3v) is 8.60. The molecule has 0 fully saturated rings. The van der Waals surface area contributed by atoms with Gasteiger partial charge in [0, 0.05) is 74.6 Å². The van der Waals surface area contributed by atoms with Crippen LogP contribution >= 0.6 is 0 Å². The first-order chi connectivity index (χ1) is 22.2. The number of carbonyl (C=O) groups is 2. The number of benzene rings is 2. The summed E-state index contributed by atoms with van der Waals surface area (Å²) in [5.74, 6) is -0.208. The molecule has 0 aliphatic heterocycles. The van der Waals surface area contributed by atoms with E-state index in [4.69, 9.17) is 0 Å². The SMILES string of the molecule is C[N+](C)(C)CCCNc1ccc(NCCC[N+](C)(C)C)c2c1C(=O)c1c(NCCC[N+](C)(C)C)ccc(NCCC[N+](C)(C)C)c1C2=O.[CH3-].[CH3-].[CH3-].[CH3-]. The summed E-state index contributed by atoms with van der Waals surface area (Å²) < 4.78 is 3.48. The first-order valence-corrected chi connectivity index (χ1v) is 17.8. The summed E-state index contributed by atoms with van der Waals surface area (Å²) in [5, 5.41) is 14.2. The number of hydrogen-bond acceptors (Lipinski definition) is 6. The Kier molecular flexibility index (Phi) is 20.5. The fourth-order valence-electron chi connectivity index (χ4n) is 6.09. The topological polar surface area (TPSA) is 82.3 Å². The molecule has 300 valence electrons. The number of anilines is 4. The molecule has 0 saturated heterocycles. The van der Waals surface area contributed by atoms with Crippen molar-refractivity contribution in [2.75, 3.05) is 158 Å². The molecule has 1 aliphatic carbocycles. The van der Waals surface area contributed by atoms with Crippen molar-refractivity contribution in [2.24, 2.45) is 0 Å². The highest BCUT2D eigenvalue weighted by Gasteiger charge is 2.37. The minimum Gasteiger partial charge on any atom is -0.384 e. The number of hydrogen-bond donors (Lipinski definition) is 4. The molecule has 0 heterocycles. The van der Waals surface area contributed by atoms with Gasteiger partial charge in [0.05, 0.1) is 133 Å². The predicted molar refractivity (Wildman–Crippen MR) is 229 cm³/mol. The van der Waals surface area contributed by atoms with Crippen molar-refractivity contribution in [3.8, 4) is 0 Å². The van der Waals surface area contributed by atoms with Crippen molar-refractivity contribution in [3.05, 3.63) is 76.2 Å². The second kappa shape index (κ2) is 20.9. The van der Waals surface area contributed by atoms with Crippen LogP contribution in [-0.2, 0) is 0 Å². The minimum absolute atomic E-state index is 0. The number of fused-ring (bicyclic) bond motifs is 2. The molecule has 10 nitrogen and oxygen atoms in total. The van der Waals surface area contributed by atoms with Gasteiger partial charge >= 0.3 is 0 Å². The van der Waals surface area contributed by atoms with Gasteiger partial charge in [-0.15, -0.1) is 0 Å². The molecule has 3 rings (SSSR count). The largest absolute Gasteiger partial charge is 0.384 e. The van der Waals surface area contributed by atoms with E-state index in [0.29, 0.717) is 22.3 Å². The Morgan fingerprint density at radius 2 is 0.538 bits per heavy atom. The Bertz CT molecular complexity index is 1200. The molecule has 0 spiro atoms. The molecule has 0 aromatic heterocycles. The normalized spacial score (nSPS) is 12.6. The molecule has 0 atom stereocenters. The van der Waals surface area contributed by atoms with E-state index in [1.807, 2.05) is 24.3 Å². The molecule has 0 bridgehead atoms. The summed E-state index contributed by atoms with van der Waals surface area (Å²) in [6.45, 7) is 6.88. The van der Waals surface area contributed by atoms with Gasteiger partial charge in [-0.05, 0) is 24.3 Å².